The highest BCUT2D eigenvalue weighted by molar-refractivity contribution is 7.89. The van der Waals surface area contributed by atoms with E-state index in [1.165, 1.54) is 6.92 Å². The topological polar surface area (TPSA) is 79.8 Å². The van der Waals surface area contributed by atoms with Gasteiger partial charge in [0.05, 0.1) is 16.0 Å². The number of carbonyl (C=O) groups excluding carboxylic acids is 1. The van der Waals surface area contributed by atoms with Crippen LogP contribution in [0.5, 0.6) is 0 Å². The van der Waals surface area contributed by atoms with Gasteiger partial charge in [-0.2, -0.15) is 4.31 Å². The van der Waals surface area contributed by atoms with Crippen molar-refractivity contribution in [3.63, 3.8) is 0 Å². The molecule has 7 nitrogen and oxygen atoms in total. The van der Waals surface area contributed by atoms with Crippen LogP contribution in [0.4, 0.5) is 22.4 Å². The fourth-order valence-electron chi connectivity index (χ4n) is 5.18. The number of aromatic nitrogens is 1. The molecule has 224 valence electrons. The predicted octanol–water partition coefficient (Wildman–Crippen LogP) is 6.38. The number of ether oxygens (including phenoxy) is 1. The van der Waals surface area contributed by atoms with Gasteiger partial charge in [0, 0.05) is 31.6 Å². The molecule has 1 saturated heterocycles. The number of alkyl halides is 1. The number of amides is 1. The maximum atomic E-state index is 15.5. The second-order valence-corrected chi connectivity index (χ2v) is 13.5. The molecule has 3 heterocycles. The van der Waals surface area contributed by atoms with E-state index in [9.17, 15) is 17.6 Å². The Morgan fingerprint density at radius 2 is 1.76 bits per heavy atom. The molecule has 2 aliphatic heterocycles. The fraction of sp³-hybridized carbons (Fsp3) is 0.400. The Hall–Kier alpha value is -3.51. The lowest BCUT2D eigenvalue weighted by Crippen LogP contribution is -2.39. The van der Waals surface area contributed by atoms with E-state index in [1.807, 2.05) is 6.08 Å². The molecule has 1 fully saturated rings. The van der Waals surface area contributed by atoms with Crippen molar-refractivity contribution < 1.29 is 35.5 Å². The molecule has 1 atom stereocenters. The van der Waals surface area contributed by atoms with Gasteiger partial charge in [-0.25, -0.2) is 35.8 Å². The zero-order chi connectivity index (χ0) is 30.6. The molecular formula is C30H31F4N3O4S. The number of sulfonamides is 1. The molecule has 0 N–H and O–H groups in total. The van der Waals surface area contributed by atoms with Crippen molar-refractivity contribution in [2.24, 2.45) is 0 Å². The third kappa shape index (κ3) is 5.74. The first-order chi connectivity index (χ1) is 19.7. The van der Waals surface area contributed by atoms with Gasteiger partial charge in [-0.1, -0.05) is 18.2 Å². The molecule has 0 saturated carbocycles. The summed E-state index contributed by atoms with van der Waals surface area (Å²) >= 11 is 0. The minimum atomic E-state index is -4.34. The van der Waals surface area contributed by atoms with Crippen LogP contribution in [0.15, 0.2) is 41.3 Å². The number of aryl methyl sites for hydroxylation is 1. The highest BCUT2D eigenvalue weighted by atomic mass is 32.2. The lowest BCUT2D eigenvalue weighted by Gasteiger charge is -2.29. The number of nitrogens with zero attached hydrogens (tertiary/aromatic N) is 3. The monoisotopic (exact) mass is 605 g/mol. The highest BCUT2D eigenvalue weighted by Crippen LogP contribution is 2.35. The van der Waals surface area contributed by atoms with Gasteiger partial charge in [0.1, 0.15) is 29.1 Å². The van der Waals surface area contributed by atoms with Crippen molar-refractivity contribution in [3.05, 3.63) is 65.0 Å². The standard InChI is InChI=1S/C30H31F4N3O4S/c1-17-22-6-5-19(18-7-10-36(11-8-18)29(38)41-30(2,3)4)13-25(22)35-28(27(17)34)26-23(32)14-21(15-24(26)33)42(39,40)37-12-9-20(31)16-37/h5-7,13-15,20H,8-12,16H2,1-4H3/t20-/m0/s1. The molecule has 12 heteroatoms. The SMILES string of the molecule is Cc1c(F)c(-c2c(F)cc(S(=O)(=O)N3CC[C@H](F)C3)cc2F)nc2cc(C3=CCN(C(=O)OC(C)(C)C)CC3)ccc12. The van der Waals surface area contributed by atoms with Gasteiger partial charge in [-0.15, -0.1) is 0 Å². The smallest absolute Gasteiger partial charge is 0.410 e. The quantitative estimate of drug-likeness (QED) is 0.323. The minimum Gasteiger partial charge on any atom is -0.444 e. The van der Waals surface area contributed by atoms with Crippen molar-refractivity contribution in [1.82, 2.24) is 14.2 Å². The molecule has 42 heavy (non-hydrogen) atoms. The number of carbonyl (C=O) groups is 1. The average Bonchev–Trinajstić information content (AvgIpc) is 3.37. The number of hydrogen-bond donors (Lipinski definition) is 0. The van der Waals surface area contributed by atoms with Crippen LogP contribution >= 0.6 is 0 Å². The molecule has 1 amide bonds. The average molecular weight is 606 g/mol. The molecule has 2 aliphatic rings. The first-order valence-electron chi connectivity index (χ1n) is 13.6. The van der Waals surface area contributed by atoms with Crippen molar-refractivity contribution in [2.75, 3.05) is 26.2 Å². The molecular weight excluding hydrogens is 574 g/mol. The molecule has 3 aromatic rings. The van der Waals surface area contributed by atoms with E-state index in [-0.39, 0.29) is 18.5 Å². The first-order valence-corrected chi connectivity index (χ1v) is 15.0. The Kier molecular flexibility index (Phi) is 7.82. The van der Waals surface area contributed by atoms with Gasteiger partial charge in [-0.05, 0) is 75.4 Å². The summed E-state index contributed by atoms with van der Waals surface area (Å²) in [6.45, 7) is 7.10. The fourth-order valence-corrected chi connectivity index (χ4v) is 6.68. The molecule has 0 bridgehead atoms. The van der Waals surface area contributed by atoms with E-state index < -0.39 is 68.0 Å². The van der Waals surface area contributed by atoms with Crippen LogP contribution in [0.25, 0.3) is 27.7 Å². The number of benzene rings is 2. The van der Waals surface area contributed by atoms with Crippen LogP contribution in [0, 0.1) is 24.4 Å². The van der Waals surface area contributed by atoms with Crippen LogP contribution < -0.4 is 0 Å². The summed E-state index contributed by atoms with van der Waals surface area (Å²) in [6.07, 6.45) is 0.635. The van der Waals surface area contributed by atoms with Gasteiger partial charge in [-0.3, -0.25) is 0 Å². The summed E-state index contributed by atoms with van der Waals surface area (Å²) in [5.74, 6) is -3.54. The third-order valence-corrected chi connectivity index (χ3v) is 9.23. The second kappa shape index (κ2) is 11.0. The van der Waals surface area contributed by atoms with E-state index >= 15 is 13.2 Å². The van der Waals surface area contributed by atoms with Crippen LogP contribution in [0.1, 0.15) is 44.7 Å². The molecule has 0 aliphatic carbocycles. The van der Waals surface area contributed by atoms with Crippen molar-refractivity contribution in [1.29, 1.82) is 0 Å². The summed E-state index contributed by atoms with van der Waals surface area (Å²) in [5, 5.41) is 0.446. The Morgan fingerprint density at radius 1 is 1.07 bits per heavy atom. The van der Waals surface area contributed by atoms with Gasteiger partial charge in [0.2, 0.25) is 10.0 Å². The lowest BCUT2D eigenvalue weighted by molar-refractivity contribution is 0.0270. The van der Waals surface area contributed by atoms with E-state index in [0.717, 1.165) is 15.4 Å². The maximum absolute atomic E-state index is 15.5. The van der Waals surface area contributed by atoms with E-state index in [4.69, 9.17) is 4.74 Å². The predicted molar refractivity (Wildman–Crippen MR) is 150 cm³/mol. The molecule has 0 radical (unpaired) electrons. The van der Waals surface area contributed by atoms with Gasteiger partial charge in [0.15, 0.2) is 5.82 Å². The minimum absolute atomic E-state index is 0.00529. The van der Waals surface area contributed by atoms with Crippen LogP contribution in [0.2, 0.25) is 0 Å². The lowest BCUT2D eigenvalue weighted by atomic mass is 9.96. The van der Waals surface area contributed by atoms with Gasteiger partial charge >= 0.3 is 6.09 Å². The van der Waals surface area contributed by atoms with Crippen molar-refractivity contribution >= 4 is 32.6 Å². The normalized spacial score (nSPS) is 18.4. The molecule has 2 aromatic carbocycles. The van der Waals surface area contributed by atoms with Gasteiger partial charge in [0.25, 0.3) is 0 Å². The van der Waals surface area contributed by atoms with Crippen molar-refractivity contribution in [3.8, 4) is 11.3 Å². The second-order valence-electron chi connectivity index (χ2n) is 11.5. The Labute approximate surface area is 241 Å². The molecule has 0 unspecified atom stereocenters. The van der Waals surface area contributed by atoms with Crippen molar-refractivity contribution in [2.45, 2.75) is 57.2 Å². The van der Waals surface area contributed by atoms with Crippen LogP contribution in [-0.4, -0.2) is 66.7 Å². The Bertz CT molecular complexity index is 1700. The zero-order valence-electron chi connectivity index (χ0n) is 23.7. The summed E-state index contributed by atoms with van der Waals surface area (Å²) < 4.78 is 91.6. The van der Waals surface area contributed by atoms with E-state index in [1.54, 1.807) is 43.9 Å². The number of pyridine rings is 1. The summed E-state index contributed by atoms with van der Waals surface area (Å²) in [7, 11) is -4.34. The number of hydrogen-bond acceptors (Lipinski definition) is 5. The van der Waals surface area contributed by atoms with Crippen LogP contribution in [-0.2, 0) is 14.8 Å². The zero-order valence-corrected chi connectivity index (χ0v) is 24.5. The first kappa shape index (κ1) is 30.0. The molecule has 5 rings (SSSR count). The number of rotatable bonds is 4. The van der Waals surface area contributed by atoms with E-state index in [0.29, 0.717) is 42.5 Å². The summed E-state index contributed by atoms with van der Waals surface area (Å²) in [6, 6.07) is 6.39. The Balaban J connectivity index is 1.49. The number of halogens is 4. The number of fused-ring (bicyclic) bond motifs is 1. The summed E-state index contributed by atoms with van der Waals surface area (Å²) in [5.41, 5.74) is 0.0963. The van der Waals surface area contributed by atoms with Crippen LogP contribution in [0.3, 0.4) is 0 Å². The third-order valence-electron chi connectivity index (χ3n) is 7.39. The Morgan fingerprint density at radius 3 is 2.33 bits per heavy atom. The summed E-state index contributed by atoms with van der Waals surface area (Å²) in [4.78, 5) is 17.6. The van der Waals surface area contributed by atoms with Gasteiger partial charge < -0.3 is 9.64 Å². The molecule has 1 aromatic heterocycles. The van der Waals surface area contributed by atoms with E-state index in [2.05, 4.69) is 4.98 Å². The highest BCUT2D eigenvalue weighted by Gasteiger charge is 2.34. The largest absolute Gasteiger partial charge is 0.444 e. The molecule has 0 spiro atoms. The maximum Gasteiger partial charge on any atom is 0.410 e.